The third kappa shape index (κ3) is 5.12. The van der Waals surface area contributed by atoms with Crippen LogP contribution in [0.5, 0.6) is 0 Å². The van der Waals surface area contributed by atoms with Crippen molar-refractivity contribution in [2.24, 2.45) is 4.99 Å². The van der Waals surface area contributed by atoms with E-state index in [4.69, 9.17) is 4.74 Å². The van der Waals surface area contributed by atoms with Gasteiger partial charge in [0.1, 0.15) is 6.61 Å². The Hall–Kier alpha value is -3.65. The first kappa shape index (κ1) is 23.5. The van der Waals surface area contributed by atoms with Crippen molar-refractivity contribution in [2.75, 3.05) is 6.61 Å². The van der Waals surface area contributed by atoms with Gasteiger partial charge < -0.3 is 15.0 Å². The summed E-state index contributed by atoms with van der Waals surface area (Å²) >= 11 is 1.45. The molecule has 0 aliphatic carbocycles. The first-order chi connectivity index (χ1) is 16.5. The third-order valence-corrected chi connectivity index (χ3v) is 6.37. The van der Waals surface area contributed by atoms with E-state index in [1.165, 1.54) is 17.8 Å². The van der Waals surface area contributed by atoms with E-state index in [2.05, 4.69) is 21.9 Å². The van der Waals surface area contributed by atoms with Gasteiger partial charge in [-0.2, -0.15) is 0 Å². The molecule has 0 fully saturated rings. The van der Waals surface area contributed by atoms with E-state index in [0.29, 0.717) is 17.8 Å². The molecule has 1 N–H and O–H groups in total. The molecule has 1 unspecified atom stereocenters. The molecule has 0 saturated heterocycles. The molecule has 0 spiro atoms. The Morgan fingerprint density at radius 3 is 2.71 bits per heavy atom. The molecular weight excluding hydrogens is 448 g/mol. The van der Waals surface area contributed by atoms with Crippen molar-refractivity contribution in [3.63, 3.8) is 0 Å². The van der Waals surface area contributed by atoms with Crippen LogP contribution in [-0.4, -0.2) is 33.5 Å². The molecule has 4 rings (SSSR count). The van der Waals surface area contributed by atoms with Crippen molar-refractivity contribution in [1.29, 1.82) is 0 Å². The second-order valence-electron chi connectivity index (χ2n) is 7.97. The lowest BCUT2D eigenvalue weighted by Crippen LogP contribution is -2.38. The Labute approximate surface area is 203 Å². The molecular formula is C26H26N4O3S. The van der Waals surface area contributed by atoms with Crippen LogP contribution in [0.25, 0.3) is 0 Å². The zero-order valence-corrected chi connectivity index (χ0v) is 20.0. The fraction of sp³-hybridized carbons (Fsp3) is 0.231. The van der Waals surface area contributed by atoms with Gasteiger partial charge in [0.25, 0.3) is 0 Å². The molecule has 0 bridgehead atoms. The van der Waals surface area contributed by atoms with Gasteiger partial charge in [0.2, 0.25) is 5.91 Å². The number of hydrogen-bond donors (Lipinski definition) is 1. The molecule has 0 saturated carbocycles. The number of hydrogen-bond acceptors (Lipinski definition) is 7. The van der Waals surface area contributed by atoms with Crippen LogP contribution in [0.4, 0.5) is 0 Å². The van der Waals surface area contributed by atoms with E-state index < -0.39 is 12.0 Å². The van der Waals surface area contributed by atoms with Crippen LogP contribution < -0.4 is 5.32 Å². The maximum Gasteiger partial charge on any atom is 0.338 e. The minimum Gasteiger partial charge on any atom is -0.458 e. The first-order valence-corrected chi connectivity index (χ1v) is 11.8. The maximum atomic E-state index is 13.1. The number of carbonyl (C=O) groups is 2. The summed E-state index contributed by atoms with van der Waals surface area (Å²) in [5.74, 6) is -0.579. The highest BCUT2D eigenvalue weighted by Crippen LogP contribution is 2.44. The van der Waals surface area contributed by atoms with Crippen LogP contribution in [0.2, 0.25) is 0 Å². The number of allylic oxidation sites excluding steroid dienone is 1. The van der Waals surface area contributed by atoms with Crippen molar-refractivity contribution in [3.8, 4) is 0 Å². The second kappa shape index (κ2) is 10.5. The van der Waals surface area contributed by atoms with Gasteiger partial charge in [0, 0.05) is 11.9 Å². The highest BCUT2D eigenvalue weighted by atomic mass is 32.2. The predicted octanol–water partition coefficient (Wildman–Crippen LogP) is 4.40. The number of nitrogens with zero attached hydrogens (tertiary/aromatic N) is 3. The summed E-state index contributed by atoms with van der Waals surface area (Å²) in [7, 11) is 0. The number of rotatable bonds is 8. The van der Waals surface area contributed by atoms with Gasteiger partial charge >= 0.3 is 5.97 Å². The minimum absolute atomic E-state index is 0.111. The number of amidine groups is 1. The Balaban J connectivity index is 1.60. The Morgan fingerprint density at radius 1 is 1.21 bits per heavy atom. The lowest BCUT2D eigenvalue weighted by molar-refractivity contribution is -0.138. The van der Waals surface area contributed by atoms with Crippen LogP contribution in [0, 0.1) is 6.92 Å². The van der Waals surface area contributed by atoms with Gasteiger partial charge in [-0.05, 0) is 37.0 Å². The number of aryl methyl sites for hydroxylation is 1. The van der Waals surface area contributed by atoms with E-state index in [9.17, 15) is 9.59 Å². The molecule has 174 valence electrons. The molecule has 1 aromatic carbocycles. The van der Waals surface area contributed by atoms with Gasteiger partial charge in [-0.3, -0.25) is 9.78 Å². The summed E-state index contributed by atoms with van der Waals surface area (Å²) in [6, 6.07) is 13.1. The number of amides is 1. The topological polar surface area (TPSA) is 83.9 Å². The molecule has 1 atom stereocenters. The molecule has 2 aliphatic rings. The van der Waals surface area contributed by atoms with Crippen molar-refractivity contribution >= 4 is 28.8 Å². The Bertz CT molecular complexity index is 1190. The molecule has 8 heteroatoms. The SMILES string of the molecule is C=CCOC(=O)C1=C(C)N=C2SC=C(CC(=O)NCc3ccccn3)N2C1c1ccc(C)cc1. The van der Waals surface area contributed by atoms with Crippen molar-refractivity contribution in [3.05, 3.63) is 101 Å². The number of nitrogens with one attached hydrogen (secondary N) is 1. The highest BCUT2D eigenvalue weighted by Gasteiger charge is 2.41. The van der Waals surface area contributed by atoms with Gasteiger partial charge in [0.05, 0.1) is 36.0 Å². The zero-order valence-electron chi connectivity index (χ0n) is 19.2. The van der Waals surface area contributed by atoms with E-state index in [1.54, 1.807) is 6.20 Å². The summed E-state index contributed by atoms with van der Waals surface area (Å²) < 4.78 is 5.41. The van der Waals surface area contributed by atoms with E-state index in [-0.39, 0.29) is 18.9 Å². The molecule has 3 heterocycles. The Kier molecular flexibility index (Phi) is 7.27. The van der Waals surface area contributed by atoms with Crippen molar-refractivity contribution < 1.29 is 14.3 Å². The van der Waals surface area contributed by atoms with Crippen LogP contribution >= 0.6 is 11.8 Å². The molecule has 2 aromatic rings. The fourth-order valence-corrected chi connectivity index (χ4v) is 4.79. The van der Waals surface area contributed by atoms with E-state index in [1.807, 2.05) is 66.6 Å². The number of benzene rings is 1. The summed E-state index contributed by atoms with van der Waals surface area (Å²) in [5, 5.41) is 5.58. The average Bonchev–Trinajstić information content (AvgIpc) is 3.23. The van der Waals surface area contributed by atoms with Gasteiger partial charge in [-0.15, -0.1) is 0 Å². The Morgan fingerprint density at radius 2 is 2.00 bits per heavy atom. The molecule has 1 aromatic heterocycles. The number of carbonyl (C=O) groups excluding carboxylic acids is 2. The van der Waals surface area contributed by atoms with Crippen LogP contribution in [-0.2, 0) is 20.9 Å². The quantitative estimate of drug-likeness (QED) is 0.451. The van der Waals surface area contributed by atoms with Gasteiger partial charge in [0.15, 0.2) is 5.17 Å². The summed E-state index contributed by atoms with van der Waals surface area (Å²) in [6.07, 6.45) is 3.38. The van der Waals surface area contributed by atoms with Crippen LogP contribution in [0.1, 0.15) is 36.2 Å². The number of aromatic nitrogens is 1. The van der Waals surface area contributed by atoms with Crippen LogP contribution in [0.15, 0.2) is 88.7 Å². The number of fused-ring (bicyclic) bond motifs is 1. The molecule has 2 aliphatic heterocycles. The normalized spacial score (nSPS) is 17.0. The monoisotopic (exact) mass is 474 g/mol. The second-order valence-corrected chi connectivity index (χ2v) is 8.80. The van der Waals surface area contributed by atoms with Crippen molar-refractivity contribution in [2.45, 2.75) is 32.9 Å². The number of ether oxygens (including phenoxy) is 1. The number of pyridine rings is 1. The summed E-state index contributed by atoms with van der Waals surface area (Å²) in [6.45, 7) is 7.92. The van der Waals surface area contributed by atoms with Crippen LogP contribution in [0.3, 0.4) is 0 Å². The van der Waals surface area contributed by atoms with Crippen molar-refractivity contribution in [1.82, 2.24) is 15.2 Å². The fourth-order valence-electron chi connectivity index (χ4n) is 3.83. The number of aliphatic imine (C=N–C) groups is 1. The smallest absolute Gasteiger partial charge is 0.338 e. The standard InChI is InChI=1S/C26H26N4O3S/c1-4-13-33-25(32)23-18(3)29-26-30(24(23)19-10-8-17(2)9-11-19)21(16-34-26)14-22(31)28-15-20-7-5-6-12-27-20/h4-12,16,24H,1,13-15H2,2-3H3,(H,28,31). The summed E-state index contributed by atoms with van der Waals surface area (Å²) in [5.41, 5.74) is 4.66. The third-order valence-electron chi connectivity index (χ3n) is 5.48. The lowest BCUT2D eigenvalue weighted by Gasteiger charge is -2.36. The van der Waals surface area contributed by atoms with E-state index >= 15 is 0 Å². The number of esters is 1. The molecule has 0 radical (unpaired) electrons. The summed E-state index contributed by atoms with van der Waals surface area (Å²) in [4.78, 5) is 36.7. The van der Waals surface area contributed by atoms with E-state index in [0.717, 1.165) is 27.7 Å². The lowest BCUT2D eigenvalue weighted by atomic mass is 9.93. The zero-order chi connectivity index (χ0) is 24.1. The molecule has 34 heavy (non-hydrogen) atoms. The van der Waals surface area contributed by atoms with Gasteiger partial charge in [-0.1, -0.05) is 60.3 Å². The maximum absolute atomic E-state index is 13.1. The average molecular weight is 475 g/mol. The largest absolute Gasteiger partial charge is 0.458 e. The molecule has 7 nitrogen and oxygen atoms in total. The minimum atomic E-state index is -0.449. The predicted molar refractivity (Wildman–Crippen MR) is 133 cm³/mol. The highest BCUT2D eigenvalue weighted by molar-refractivity contribution is 8.16. The first-order valence-electron chi connectivity index (χ1n) is 10.9. The van der Waals surface area contributed by atoms with Gasteiger partial charge in [-0.25, -0.2) is 9.79 Å². The number of thioether (sulfide) groups is 1. The molecule has 1 amide bonds.